The third kappa shape index (κ3) is 4.01. The zero-order valence-electron chi connectivity index (χ0n) is 12.8. The van der Waals surface area contributed by atoms with Gasteiger partial charge in [0.1, 0.15) is 11.5 Å². The van der Waals surface area contributed by atoms with Gasteiger partial charge in [0.25, 0.3) is 5.91 Å². The molecule has 0 bridgehead atoms. The Labute approximate surface area is 130 Å². The van der Waals surface area contributed by atoms with Crippen LogP contribution in [0.25, 0.3) is 0 Å². The summed E-state index contributed by atoms with van der Waals surface area (Å²) in [6.45, 7) is 3.83. The lowest BCUT2D eigenvalue weighted by atomic mass is 9.94. The Morgan fingerprint density at radius 2 is 2.36 bits per heavy atom. The summed E-state index contributed by atoms with van der Waals surface area (Å²) in [6, 6.07) is 7.59. The van der Waals surface area contributed by atoms with E-state index in [1.54, 1.807) is 18.5 Å². The maximum atomic E-state index is 11.9. The quantitative estimate of drug-likeness (QED) is 0.862. The number of nitrogens with zero attached hydrogens (tertiary/aromatic N) is 1. The molecule has 0 unspecified atom stereocenters. The second-order valence-corrected chi connectivity index (χ2v) is 5.95. The summed E-state index contributed by atoms with van der Waals surface area (Å²) < 4.78 is 5.42. The highest BCUT2D eigenvalue weighted by Crippen LogP contribution is 2.21. The second kappa shape index (κ2) is 7.31. The van der Waals surface area contributed by atoms with Crippen molar-refractivity contribution in [2.24, 2.45) is 5.92 Å². The monoisotopic (exact) mass is 301 g/mol. The Morgan fingerprint density at radius 3 is 3.14 bits per heavy atom. The Morgan fingerprint density at radius 1 is 1.41 bits per heavy atom. The molecule has 1 aliphatic heterocycles. The number of aromatic nitrogens is 1. The fourth-order valence-electron chi connectivity index (χ4n) is 3.11. The number of aromatic amines is 1. The minimum atomic E-state index is -0.0201. The molecule has 2 aromatic rings. The summed E-state index contributed by atoms with van der Waals surface area (Å²) in [5.41, 5.74) is 0.628. The number of piperidine rings is 1. The predicted octanol–water partition coefficient (Wildman–Crippen LogP) is 2.64. The molecule has 1 amide bonds. The number of rotatable bonds is 6. The molecule has 0 aromatic carbocycles. The number of H-pyrrole nitrogens is 1. The third-order valence-corrected chi connectivity index (χ3v) is 4.24. The van der Waals surface area contributed by atoms with Gasteiger partial charge in [0, 0.05) is 19.3 Å². The smallest absolute Gasteiger partial charge is 0.267 e. The van der Waals surface area contributed by atoms with Crippen molar-refractivity contribution in [3.63, 3.8) is 0 Å². The first-order valence-corrected chi connectivity index (χ1v) is 7.97. The highest BCUT2D eigenvalue weighted by molar-refractivity contribution is 5.92. The van der Waals surface area contributed by atoms with Crippen molar-refractivity contribution in [3.8, 4) is 0 Å². The molecule has 5 heteroatoms. The Kier molecular flexibility index (Phi) is 4.96. The van der Waals surface area contributed by atoms with Crippen LogP contribution < -0.4 is 5.32 Å². The standard InChI is InChI=1S/C17H23N3O2/c21-17(16-6-1-8-18-16)19-9-7-14-4-2-10-20(12-14)13-15-5-3-11-22-15/h1,3,5-6,8,11,14,18H,2,4,7,9-10,12-13H2,(H,19,21)/t14-/m1/s1. The van der Waals surface area contributed by atoms with Crippen LogP contribution in [-0.4, -0.2) is 35.4 Å². The van der Waals surface area contributed by atoms with Crippen molar-refractivity contribution >= 4 is 5.91 Å². The molecule has 5 nitrogen and oxygen atoms in total. The zero-order valence-corrected chi connectivity index (χ0v) is 12.8. The molecular formula is C17H23N3O2. The van der Waals surface area contributed by atoms with E-state index in [1.165, 1.54) is 12.8 Å². The lowest BCUT2D eigenvalue weighted by Crippen LogP contribution is -2.36. The van der Waals surface area contributed by atoms with Gasteiger partial charge in [-0.2, -0.15) is 0 Å². The number of likely N-dealkylation sites (tertiary alicyclic amines) is 1. The summed E-state index contributed by atoms with van der Waals surface area (Å²) in [5.74, 6) is 1.65. The van der Waals surface area contributed by atoms with Gasteiger partial charge in [-0.25, -0.2) is 0 Å². The summed E-state index contributed by atoms with van der Waals surface area (Å²) in [7, 11) is 0. The average Bonchev–Trinajstić information content (AvgIpc) is 3.21. The van der Waals surface area contributed by atoms with Crippen molar-refractivity contribution in [2.75, 3.05) is 19.6 Å². The normalized spacial score (nSPS) is 19.2. The molecule has 0 aliphatic carbocycles. The van der Waals surface area contributed by atoms with Gasteiger partial charge in [0.15, 0.2) is 0 Å². The second-order valence-electron chi connectivity index (χ2n) is 5.95. The van der Waals surface area contributed by atoms with Crippen LogP contribution in [0.3, 0.4) is 0 Å². The fourth-order valence-corrected chi connectivity index (χ4v) is 3.11. The van der Waals surface area contributed by atoms with Crippen LogP contribution in [0.5, 0.6) is 0 Å². The van der Waals surface area contributed by atoms with Crippen LogP contribution in [0, 0.1) is 5.92 Å². The first-order chi connectivity index (χ1) is 10.8. The van der Waals surface area contributed by atoms with E-state index >= 15 is 0 Å². The topological polar surface area (TPSA) is 61.3 Å². The summed E-state index contributed by atoms with van der Waals surface area (Å²) in [5, 5.41) is 2.99. The van der Waals surface area contributed by atoms with E-state index in [-0.39, 0.29) is 5.91 Å². The van der Waals surface area contributed by atoms with E-state index in [0.29, 0.717) is 11.6 Å². The van der Waals surface area contributed by atoms with Gasteiger partial charge in [-0.15, -0.1) is 0 Å². The van der Waals surface area contributed by atoms with E-state index in [9.17, 15) is 4.79 Å². The van der Waals surface area contributed by atoms with Gasteiger partial charge in [-0.05, 0) is 56.0 Å². The molecule has 0 saturated carbocycles. The lowest BCUT2D eigenvalue weighted by Gasteiger charge is -2.32. The highest BCUT2D eigenvalue weighted by atomic mass is 16.3. The third-order valence-electron chi connectivity index (χ3n) is 4.24. The van der Waals surface area contributed by atoms with E-state index in [2.05, 4.69) is 15.2 Å². The van der Waals surface area contributed by atoms with Crippen molar-refractivity contribution in [2.45, 2.75) is 25.8 Å². The maximum Gasteiger partial charge on any atom is 0.267 e. The molecule has 1 atom stereocenters. The molecule has 2 aromatic heterocycles. The summed E-state index contributed by atoms with van der Waals surface area (Å²) >= 11 is 0. The van der Waals surface area contributed by atoms with Crippen molar-refractivity contribution in [1.82, 2.24) is 15.2 Å². The van der Waals surface area contributed by atoms with Crippen LogP contribution in [0.15, 0.2) is 41.1 Å². The van der Waals surface area contributed by atoms with Gasteiger partial charge in [-0.1, -0.05) is 0 Å². The maximum absolute atomic E-state index is 11.9. The zero-order chi connectivity index (χ0) is 15.2. The van der Waals surface area contributed by atoms with Gasteiger partial charge in [0.2, 0.25) is 0 Å². The van der Waals surface area contributed by atoms with Crippen molar-refractivity contribution in [3.05, 3.63) is 48.2 Å². The molecule has 3 rings (SSSR count). The predicted molar refractivity (Wildman–Crippen MR) is 84.5 cm³/mol. The SMILES string of the molecule is O=C(NCC[C@H]1CCCN(Cc2ccco2)C1)c1ccc[nH]1. The van der Waals surface area contributed by atoms with Crippen molar-refractivity contribution in [1.29, 1.82) is 0 Å². The van der Waals surface area contributed by atoms with E-state index < -0.39 is 0 Å². The lowest BCUT2D eigenvalue weighted by molar-refractivity contribution is 0.0941. The summed E-state index contributed by atoms with van der Waals surface area (Å²) in [4.78, 5) is 17.2. The molecule has 118 valence electrons. The van der Waals surface area contributed by atoms with Crippen LogP contribution in [0.2, 0.25) is 0 Å². The fraction of sp³-hybridized carbons (Fsp3) is 0.471. The van der Waals surface area contributed by atoms with Gasteiger partial charge >= 0.3 is 0 Å². The van der Waals surface area contributed by atoms with Crippen molar-refractivity contribution < 1.29 is 9.21 Å². The molecule has 0 spiro atoms. The van der Waals surface area contributed by atoms with Crippen LogP contribution in [0.4, 0.5) is 0 Å². The molecule has 3 heterocycles. The Bertz CT molecular complexity index is 563. The number of carbonyl (C=O) groups excluding carboxylic acids is 1. The number of hydrogen-bond acceptors (Lipinski definition) is 3. The Balaban J connectivity index is 1.40. The van der Waals surface area contributed by atoms with E-state index in [0.717, 1.165) is 38.4 Å². The van der Waals surface area contributed by atoms with Crippen LogP contribution in [0.1, 0.15) is 35.5 Å². The minimum Gasteiger partial charge on any atom is -0.468 e. The minimum absolute atomic E-state index is 0.0201. The Hall–Kier alpha value is -2.01. The van der Waals surface area contributed by atoms with E-state index in [4.69, 9.17) is 4.42 Å². The molecule has 22 heavy (non-hydrogen) atoms. The first-order valence-electron chi connectivity index (χ1n) is 7.97. The molecule has 2 N–H and O–H groups in total. The van der Waals surface area contributed by atoms with Crippen LogP contribution >= 0.6 is 0 Å². The number of hydrogen-bond donors (Lipinski definition) is 2. The molecule has 0 radical (unpaired) electrons. The number of furan rings is 1. The summed E-state index contributed by atoms with van der Waals surface area (Å²) in [6.07, 6.45) is 6.99. The number of nitrogens with one attached hydrogen (secondary N) is 2. The molecule has 1 fully saturated rings. The molecule has 1 saturated heterocycles. The first kappa shape index (κ1) is 14.9. The van der Waals surface area contributed by atoms with Gasteiger partial charge in [-0.3, -0.25) is 9.69 Å². The van der Waals surface area contributed by atoms with Gasteiger partial charge in [0.05, 0.1) is 12.8 Å². The number of carbonyl (C=O) groups is 1. The van der Waals surface area contributed by atoms with Gasteiger partial charge < -0.3 is 14.7 Å². The number of amides is 1. The van der Waals surface area contributed by atoms with Crippen LogP contribution in [-0.2, 0) is 6.54 Å². The van der Waals surface area contributed by atoms with E-state index in [1.807, 2.05) is 18.2 Å². The molecular weight excluding hydrogens is 278 g/mol. The highest BCUT2D eigenvalue weighted by Gasteiger charge is 2.20. The molecule has 1 aliphatic rings. The average molecular weight is 301 g/mol. The largest absolute Gasteiger partial charge is 0.468 e.